The van der Waals surface area contributed by atoms with Crippen molar-refractivity contribution in [2.24, 2.45) is 17.6 Å². The molecule has 0 unspecified atom stereocenters. The lowest BCUT2D eigenvalue weighted by atomic mass is 9.82. The van der Waals surface area contributed by atoms with Crippen LogP contribution in [0.25, 0.3) is 0 Å². The standard InChI is InChI=1S/C16H21FN2O2/c17-15-13(20)6-5-12-9-19(16(21)14(12)15)8-11-3-1-10(7-18)2-4-11/h5-6,10-11,20H,1-4,7-9,18H2. The monoisotopic (exact) mass is 292 g/mol. The number of phenolic OH excluding ortho intramolecular Hbond substituents is 1. The average molecular weight is 292 g/mol. The van der Waals surface area contributed by atoms with E-state index in [2.05, 4.69) is 0 Å². The van der Waals surface area contributed by atoms with Crippen LogP contribution in [0.2, 0.25) is 0 Å². The minimum absolute atomic E-state index is 0.0469. The topological polar surface area (TPSA) is 66.6 Å². The summed E-state index contributed by atoms with van der Waals surface area (Å²) in [7, 11) is 0. The summed E-state index contributed by atoms with van der Waals surface area (Å²) in [4.78, 5) is 14.0. The Balaban J connectivity index is 1.67. The summed E-state index contributed by atoms with van der Waals surface area (Å²) in [5.74, 6) is -0.441. The summed E-state index contributed by atoms with van der Waals surface area (Å²) < 4.78 is 13.9. The van der Waals surface area contributed by atoms with E-state index in [0.29, 0.717) is 30.5 Å². The first-order chi connectivity index (χ1) is 10.1. The Labute approximate surface area is 123 Å². The first kappa shape index (κ1) is 14.3. The third-order valence-electron chi connectivity index (χ3n) is 4.85. The molecule has 4 nitrogen and oxygen atoms in total. The summed E-state index contributed by atoms with van der Waals surface area (Å²) in [5.41, 5.74) is 6.41. The van der Waals surface area contributed by atoms with Gasteiger partial charge in [0.2, 0.25) is 0 Å². The van der Waals surface area contributed by atoms with Gasteiger partial charge in [0.05, 0.1) is 5.56 Å². The maximum Gasteiger partial charge on any atom is 0.257 e. The molecule has 1 aliphatic heterocycles. The molecule has 3 N–H and O–H groups in total. The summed E-state index contributed by atoms with van der Waals surface area (Å²) >= 11 is 0. The summed E-state index contributed by atoms with van der Waals surface area (Å²) in [6.07, 6.45) is 4.39. The molecule has 0 saturated heterocycles. The number of carbonyl (C=O) groups excluding carboxylic acids is 1. The number of hydrogen-bond acceptors (Lipinski definition) is 3. The highest BCUT2D eigenvalue weighted by Gasteiger charge is 2.33. The highest BCUT2D eigenvalue weighted by molar-refractivity contribution is 5.99. The zero-order chi connectivity index (χ0) is 15.0. The third-order valence-corrected chi connectivity index (χ3v) is 4.85. The van der Waals surface area contributed by atoms with Gasteiger partial charge in [0.25, 0.3) is 5.91 Å². The number of hydrogen-bond donors (Lipinski definition) is 2. The smallest absolute Gasteiger partial charge is 0.257 e. The number of rotatable bonds is 3. The maximum atomic E-state index is 13.9. The fourth-order valence-electron chi connectivity index (χ4n) is 3.51. The van der Waals surface area contributed by atoms with E-state index in [1.807, 2.05) is 0 Å². The Morgan fingerprint density at radius 3 is 2.57 bits per heavy atom. The number of carbonyl (C=O) groups is 1. The van der Waals surface area contributed by atoms with Gasteiger partial charge in [-0.15, -0.1) is 0 Å². The van der Waals surface area contributed by atoms with Gasteiger partial charge in [-0.05, 0) is 55.7 Å². The molecule has 1 aromatic rings. The van der Waals surface area contributed by atoms with E-state index < -0.39 is 11.6 Å². The molecule has 1 saturated carbocycles. The number of aromatic hydroxyl groups is 1. The number of benzene rings is 1. The van der Waals surface area contributed by atoms with Crippen molar-refractivity contribution in [1.29, 1.82) is 0 Å². The Kier molecular flexibility index (Phi) is 3.85. The van der Waals surface area contributed by atoms with Crippen LogP contribution in [0, 0.1) is 17.7 Å². The largest absolute Gasteiger partial charge is 0.505 e. The van der Waals surface area contributed by atoms with E-state index in [9.17, 15) is 14.3 Å². The molecule has 0 radical (unpaired) electrons. The fraction of sp³-hybridized carbons (Fsp3) is 0.562. The lowest BCUT2D eigenvalue weighted by Gasteiger charge is -2.30. The average Bonchev–Trinajstić information content (AvgIpc) is 2.81. The number of nitrogens with two attached hydrogens (primary N) is 1. The molecule has 1 heterocycles. The number of fused-ring (bicyclic) bond motifs is 1. The molecule has 3 rings (SSSR count). The van der Waals surface area contributed by atoms with Crippen molar-refractivity contribution in [2.75, 3.05) is 13.1 Å². The minimum atomic E-state index is -0.785. The lowest BCUT2D eigenvalue weighted by molar-refractivity contribution is 0.0726. The van der Waals surface area contributed by atoms with Gasteiger partial charge in [0.1, 0.15) is 0 Å². The zero-order valence-electron chi connectivity index (χ0n) is 12.0. The van der Waals surface area contributed by atoms with Gasteiger partial charge in [-0.2, -0.15) is 0 Å². The van der Waals surface area contributed by atoms with E-state index in [1.165, 1.54) is 6.07 Å². The van der Waals surface area contributed by atoms with Crippen molar-refractivity contribution in [2.45, 2.75) is 32.2 Å². The van der Waals surface area contributed by atoms with Crippen LogP contribution in [0.15, 0.2) is 12.1 Å². The predicted molar refractivity (Wildman–Crippen MR) is 77.3 cm³/mol. The van der Waals surface area contributed by atoms with Crippen LogP contribution in [-0.4, -0.2) is 29.0 Å². The number of phenols is 1. The highest BCUT2D eigenvalue weighted by Crippen LogP contribution is 2.33. The molecule has 1 aromatic carbocycles. The second kappa shape index (κ2) is 5.64. The van der Waals surface area contributed by atoms with E-state index in [4.69, 9.17) is 5.73 Å². The van der Waals surface area contributed by atoms with Gasteiger partial charge in [0.15, 0.2) is 11.6 Å². The molecule has 114 valence electrons. The molecule has 0 atom stereocenters. The zero-order valence-corrected chi connectivity index (χ0v) is 12.0. The van der Waals surface area contributed by atoms with Crippen molar-refractivity contribution >= 4 is 5.91 Å². The molecule has 0 spiro atoms. The third kappa shape index (κ3) is 2.62. The molecule has 0 aromatic heterocycles. The van der Waals surface area contributed by atoms with Gasteiger partial charge in [-0.3, -0.25) is 4.79 Å². The van der Waals surface area contributed by atoms with Crippen molar-refractivity contribution in [3.8, 4) is 5.75 Å². The Bertz CT molecular complexity index is 553. The molecule has 5 heteroatoms. The van der Waals surface area contributed by atoms with Gasteiger partial charge in [-0.25, -0.2) is 4.39 Å². The summed E-state index contributed by atoms with van der Waals surface area (Å²) in [6, 6.07) is 2.95. The van der Waals surface area contributed by atoms with Crippen molar-refractivity contribution in [3.05, 3.63) is 29.1 Å². The lowest BCUT2D eigenvalue weighted by Crippen LogP contribution is -2.33. The first-order valence-electron chi connectivity index (χ1n) is 7.59. The SMILES string of the molecule is NCC1CCC(CN2Cc3ccc(O)c(F)c3C2=O)CC1. The molecule has 0 bridgehead atoms. The second-order valence-corrected chi connectivity index (χ2v) is 6.24. The second-order valence-electron chi connectivity index (χ2n) is 6.24. The van der Waals surface area contributed by atoms with Crippen molar-refractivity contribution in [1.82, 2.24) is 4.90 Å². The van der Waals surface area contributed by atoms with Crippen molar-refractivity contribution < 1.29 is 14.3 Å². The van der Waals surface area contributed by atoms with Crippen LogP contribution in [0.4, 0.5) is 4.39 Å². The molecule has 21 heavy (non-hydrogen) atoms. The van der Waals surface area contributed by atoms with Crippen LogP contribution in [-0.2, 0) is 6.54 Å². The Morgan fingerprint density at radius 1 is 1.24 bits per heavy atom. The van der Waals surface area contributed by atoms with Gasteiger partial charge >= 0.3 is 0 Å². The van der Waals surface area contributed by atoms with Crippen LogP contribution < -0.4 is 5.73 Å². The van der Waals surface area contributed by atoms with E-state index in [-0.39, 0.29) is 11.5 Å². The molecule has 1 aliphatic carbocycles. The summed E-state index contributed by atoms with van der Waals surface area (Å²) in [6.45, 7) is 1.86. The summed E-state index contributed by atoms with van der Waals surface area (Å²) in [5, 5.41) is 9.41. The van der Waals surface area contributed by atoms with Crippen LogP contribution >= 0.6 is 0 Å². The fourth-order valence-corrected chi connectivity index (χ4v) is 3.51. The van der Waals surface area contributed by atoms with Crippen LogP contribution in [0.3, 0.4) is 0 Å². The van der Waals surface area contributed by atoms with E-state index in [1.54, 1.807) is 11.0 Å². The molecular formula is C16H21FN2O2. The van der Waals surface area contributed by atoms with Crippen LogP contribution in [0.5, 0.6) is 5.75 Å². The number of halogens is 1. The molecule has 2 aliphatic rings. The van der Waals surface area contributed by atoms with Gasteiger partial charge < -0.3 is 15.7 Å². The number of nitrogens with zero attached hydrogens (tertiary/aromatic N) is 1. The quantitative estimate of drug-likeness (QED) is 0.898. The van der Waals surface area contributed by atoms with Crippen LogP contribution in [0.1, 0.15) is 41.6 Å². The molecular weight excluding hydrogens is 271 g/mol. The minimum Gasteiger partial charge on any atom is -0.505 e. The maximum absolute atomic E-state index is 13.9. The first-order valence-corrected chi connectivity index (χ1v) is 7.59. The predicted octanol–water partition coefficient (Wildman–Crippen LogP) is 2.25. The van der Waals surface area contributed by atoms with Gasteiger partial charge in [0, 0.05) is 13.1 Å². The number of amides is 1. The van der Waals surface area contributed by atoms with E-state index in [0.717, 1.165) is 32.2 Å². The van der Waals surface area contributed by atoms with E-state index >= 15 is 0 Å². The highest BCUT2D eigenvalue weighted by atomic mass is 19.1. The Hall–Kier alpha value is -1.62. The normalized spacial score (nSPS) is 25.2. The van der Waals surface area contributed by atoms with Crippen molar-refractivity contribution in [3.63, 3.8) is 0 Å². The van der Waals surface area contributed by atoms with Gasteiger partial charge in [-0.1, -0.05) is 6.07 Å². The molecule has 1 amide bonds. The molecule has 1 fully saturated rings. The Morgan fingerprint density at radius 2 is 1.90 bits per heavy atom.